The Labute approximate surface area is 107 Å². The molecule has 96 valence electrons. The van der Waals surface area contributed by atoms with Crippen LogP contribution in [-0.2, 0) is 5.41 Å². The molecule has 1 aliphatic heterocycles. The van der Waals surface area contributed by atoms with Gasteiger partial charge in [0.05, 0.1) is 11.7 Å². The topological polar surface area (TPSA) is 55.1 Å². The molecule has 0 aromatic carbocycles. The van der Waals surface area contributed by atoms with E-state index in [1.165, 1.54) is 6.42 Å². The molecule has 5 heteroatoms. The fourth-order valence-corrected chi connectivity index (χ4v) is 2.36. The zero-order valence-electron chi connectivity index (χ0n) is 11.1. The zero-order valence-corrected chi connectivity index (χ0v) is 11.1. The van der Waals surface area contributed by atoms with Gasteiger partial charge in [-0.25, -0.2) is 4.98 Å². The first-order valence-corrected chi connectivity index (χ1v) is 6.51. The van der Waals surface area contributed by atoms with Gasteiger partial charge in [0.15, 0.2) is 5.82 Å². The first-order valence-electron chi connectivity index (χ1n) is 6.51. The zero-order chi connectivity index (χ0) is 12.8. The van der Waals surface area contributed by atoms with E-state index in [4.69, 9.17) is 0 Å². The fraction of sp³-hybridized carbons (Fsp3) is 0.615. The highest BCUT2D eigenvalue weighted by atomic mass is 15.3. The van der Waals surface area contributed by atoms with Gasteiger partial charge in [-0.2, -0.15) is 0 Å². The third kappa shape index (κ3) is 1.88. The minimum absolute atomic E-state index is 0.0411. The lowest BCUT2D eigenvalue weighted by Crippen LogP contribution is -2.17. The number of aromatic nitrogens is 4. The van der Waals surface area contributed by atoms with Gasteiger partial charge in [0.1, 0.15) is 0 Å². The second kappa shape index (κ2) is 4.02. The average molecular weight is 245 g/mol. The molecule has 1 saturated heterocycles. The lowest BCUT2D eigenvalue weighted by molar-refractivity contribution is 0.566. The van der Waals surface area contributed by atoms with Crippen LogP contribution < -0.4 is 5.32 Å². The van der Waals surface area contributed by atoms with Crippen LogP contribution in [0.4, 0.5) is 0 Å². The highest BCUT2D eigenvalue weighted by Gasteiger charge is 2.23. The Kier molecular flexibility index (Phi) is 2.59. The van der Waals surface area contributed by atoms with E-state index in [2.05, 4.69) is 47.3 Å². The van der Waals surface area contributed by atoms with Crippen molar-refractivity contribution in [3.05, 3.63) is 23.8 Å². The van der Waals surface area contributed by atoms with E-state index in [9.17, 15) is 0 Å². The van der Waals surface area contributed by atoms with E-state index in [1.54, 1.807) is 0 Å². The van der Waals surface area contributed by atoms with E-state index in [0.29, 0.717) is 11.8 Å². The van der Waals surface area contributed by atoms with Crippen molar-refractivity contribution >= 4 is 5.78 Å². The van der Waals surface area contributed by atoms with E-state index in [0.717, 1.165) is 24.5 Å². The lowest BCUT2D eigenvalue weighted by Gasteiger charge is -2.17. The number of hydrogen-bond donors (Lipinski definition) is 1. The summed E-state index contributed by atoms with van der Waals surface area (Å²) in [5.41, 5.74) is 1.09. The quantitative estimate of drug-likeness (QED) is 0.833. The van der Waals surface area contributed by atoms with Crippen LogP contribution in [0.1, 0.15) is 51.2 Å². The maximum absolute atomic E-state index is 4.60. The first kappa shape index (κ1) is 11.6. The molecule has 18 heavy (non-hydrogen) atoms. The highest BCUT2D eigenvalue weighted by molar-refractivity contribution is 5.32. The van der Waals surface area contributed by atoms with Crippen LogP contribution in [0.3, 0.4) is 0 Å². The van der Waals surface area contributed by atoms with Gasteiger partial charge in [-0.3, -0.25) is 4.40 Å². The lowest BCUT2D eigenvalue weighted by atomic mass is 9.92. The molecule has 0 spiro atoms. The third-order valence-electron chi connectivity index (χ3n) is 3.45. The van der Waals surface area contributed by atoms with Crippen LogP contribution in [0.5, 0.6) is 0 Å². The van der Waals surface area contributed by atoms with Crippen molar-refractivity contribution in [3.8, 4) is 0 Å². The summed E-state index contributed by atoms with van der Waals surface area (Å²) in [6.07, 6.45) is 4.37. The van der Waals surface area contributed by atoms with Gasteiger partial charge in [-0.1, -0.05) is 20.8 Å². The number of hydrogen-bond acceptors (Lipinski definition) is 4. The number of nitrogens with one attached hydrogen (secondary N) is 1. The van der Waals surface area contributed by atoms with Crippen LogP contribution in [0.15, 0.2) is 12.3 Å². The Morgan fingerprint density at radius 2 is 2.17 bits per heavy atom. The summed E-state index contributed by atoms with van der Waals surface area (Å²) in [4.78, 5) is 4.60. The fourth-order valence-electron chi connectivity index (χ4n) is 2.36. The standard InChI is InChI=1S/C13H19N5/c1-13(2,3)10-6-8-18-11(9-5-4-7-14-9)16-17-12(18)15-10/h6,8-9,14H,4-5,7H2,1-3H3/t9-/m1/s1. The molecule has 1 atom stereocenters. The summed E-state index contributed by atoms with van der Waals surface area (Å²) in [5, 5.41) is 11.9. The summed E-state index contributed by atoms with van der Waals surface area (Å²) in [6, 6.07) is 2.39. The van der Waals surface area contributed by atoms with E-state index >= 15 is 0 Å². The first-order chi connectivity index (χ1) is 8.55. The molecule has 0 radical (unpaired) electrons. The summed E-state index contributed by atoms with van der Waals surface area (Å²) in [7, 11) is 0. The normalized spacial score (nSPS) is 20.7. The molecule has 5 nitrogen and oxygen atoms in total. The summed E-state index contributed by atoms with van der Waals surface area (Å²) < 4.78 is 2.00. The Hall–Kier alpha value is -1.49. The summed E-state index contributed by atoms with van der Waals surface area (Å²) in [5.74, 6) is 1.68. The predicted molar refractivity (Wildman–Crippen MR) is 69.5 cm³/mol. The van der Waals surface area contributed by atoms with Crippen LogP contribution in [0, 0.1) is 0 Å². The smallest absolute Gasteiger partial charge is 0.255 e. The molecule has 1 N–H and O–H groups in total. The Bertz CT molecular complexity index is 560. The van der Waals surface area contributed by atoms with Gasteiger partial charge in [0, 0.05) is 11.6 Å². The second-order valence-electron chi connectivity index (χ2n) is 5.94. The Morgan fingerprint density at radius 3 is 2.83 bits per heavy atom. The van der Waals surface area contributed by atoms with Crippen molar-refractivity contribution in [3.63, 3.8) is 0 Å². The number of rotatable bonds is 1. The Morgan fingerprint density at radius 1 is 1.33 bits per heavy atom. The van der Waals surface area contributed by atoms with Gasteiger partial charge in [-0.05, 0) is 25.5 Å². The van der Waals surface area contributed by atoms with E-state index < -0.39 is 0 Å². The maximum Gasteiger partial charge on any atom is 0.255 e. The minimum atomic E-state index is 0.0411. The highest BCUT2D eigenvalue weighted by Crippen LogP contribution is 2.24. The van der Waals surface area contributed by atoms with Gasteiger partial charge < -0.3 is 5.32 Å². The minimum Gasteiger partial charge on any atom is -0.307 e. The molecule has 0 saturated carbocycles. The van der Waals surface area contributed by atoms with Crippen LogP contribution in [-0.4, -0.2) is 26.1 Å². The number of fused-ring (bicyclic) bond motifs is 1. The molecule has 0 unspecified atom stereocenters. The van der Waals surface area contributed by atoms with E-state index in [1.807, 2.05) is 10.6 Å². The van der Waals surface area contributed by atoms with Crippen molar-refractivity contribution in [2.45, 2.75) is 45.1 Å². The maximum atomic E-state index is 4.60. The van der Waals surface area contributed by atoms with Gasteiger partial charge in [0.2, 0.25) is 0 Å². The molecule has 1 fully saturated rings. The van der Waals surface area contributed by atoms with Gasteiger partial charge >= 0.3 is 0 Å². The second-order valence-corrected chi connectivity index (χ2v) is 5.94. The van der Waals surface area contributed by atoms with Crippen molar-refractivity contribution in [2.75, 3.05) is 6.54 Å². The Balaban J connectivity index is 2.05. The van der Waals surface area contributed by atoms with Crippen molar-refractivity contribution in [2.24, 2.45) is 0 Å². The van der Waals surface area contributed by atoms with Crippen LogP contribution in [0.25, 0.3) is 5.78 Å². The molecule has 2 aromatic heterocycles. The van der Waals surface area contributed by atoms with Crippen molar-refractivity contribution < 1.29 is 0 Å². The molecular weight excluding hydrogens is 226 g/mol. The van der Waals surface area contributed by atoms with E-state index in [-0.39, 0.29) is 5.41 Å². The van der Waals surface area contributed by atoms with Crippen LogP contribution >= 0.6 is 0 Å². The molecule has 0 bridgehead atoms. The monoisotopic (exact) mass is 245 g/mol. The molecule has 3 rings (SSSR count). The SMILES string of the molecule is CC(C)(C)c1ccn2c([C@H]3CCCN3)nnc2n1. The molecule has 2 aromatic rings. The van der Waals surface area contributed by atoms with Gasteiger partial charge in [-0.15, -0.1) is 10.2 Å². The largest absolute Gasteiger partial charge is 0.307 e. The molecule has 1 aliphatic rings. The average Bonchev–Trinajstić information content (AvgIpc) is 2.95. The molecule has 3 heterocycles. The number of nitrogens with zero attached hydrogens (tertiary/aromatic N) is 4. The molecule has 0 amide bonds. The summed E-state index contributed by atoms with van der Waals surface area (Å²) in [6.45, 7) is 7.53. The van der Waals surface area contributed by atoms with Crippen molar-refractivity contribution in [1.29, 1.82) is 0 Å². The van der Waals surface area contributed by atoms with Crippen molar-refractivity contribution in [1.82, 2.24) is 24.9 Å². The summed E-state index contributed by atoms with van der Waals surface area (Å²) >= 11 is 0. The molecular formula is C13H19N5. The molecule has 0 aliphatic carbocycles. The van der Waals surface area contributed by atoms with Crippen LogP contribution in [0.2, 0.25) is 0 Å². The third-order valence-corrected chi connectivity index (χ3v) is 3.45. The van der Waals surface area contributed by atoms with Gasteiger partial charge in [0.25, 0.3) is 5.78 Å². The predicted octanol–water partition coefficient (Wildman–Crippen LogP) is 1.85.